The highest BCUT2D eigenvalue weighted by atomic mass is 16.5. The Kier molecular flexibility index (Phi) is 3.19. The van der Waals surface area contributed by atoms with Crippen molar-refractivity contribution in [1.29, 1.82) is 0 Å². The van der Waals surface area contributed by atoms with Gasteiger partial charge in [0.25, 0.3) is 0 Å². The van der Waals surface area contributed by atoms with Crippen molar-refractivity contribution in [1.82, 2.24) is 4.90 Å². The van der Waals surface area contributed by atoms with Crippen molar-refractivity contribution in [2.45, 2.75) is 25.3 Å². The van der Waals surface area contributed by atoms with E-state index in [0.717, 1.165) is 44.8 Å². The molecule has 2 fully saturated rings. The van der Waals surface area contributed by atoms with Crippen LogP contribution in [0.2, 0.25) is 0 Å². The van der Waals surface area contributed by atoms with Gasteiger partial charge in [0.2, 0.25) is 0 Å². The molecule has 1 aliphatic heterocycles. The van der Waals surface area contributed by atoms with Gasteiger partial charge < -0.3 is 10.5 Å². The van der Waals surface area contributed by atoms with E-state index in [-0.39, 0.29) is 0 Å². The van der Waals surface area contributed by atoms with Crippen LogP contribution in [0, 0.1) is 5.92 Å². The molecule has 1 heterocycles. The first-order valence-corrected chi connectivity index (χ1v) is 5.43. The molecule has 0 aromatic rings. The molecule has 0 unspecified atom stereocenters. The lowest BCUT2D eigenvalue weighted by Gasteiger charge is -2.35. The van der Waals surface area contributed by atoms with E-state index in [4.69, 9.17) is 10.5 Å². The molecule has 2 atom stereocenters. The fourth-order valence-corrected chi connectivity index (χ4v) is 2.68. The van der Waals surface area contributed by atoms with Crippen LogP contribution >= 0.6 is 0 Å². The van der Waals surface area contributed by atoms with Gasteiger partial charge in [0, 0.05) is 19.1 Å². The Morgan fingerprint density at radius 3 is 2.69 bits per heavy atom. The minimum absolute atomic E-state index is 0.748. The zero-order valence-corrected chi connectivity index (χ0v) is 8.24. The summed E-state index contributed by atoms with van der Waals surface area (Å²) in [6, 6.07) is 0.758. The normalized spacial score (nSPS) is 36.7. The van der Waals surface area contributed by atoms with Crippen LogP contribution in [0.3, 0.4) is 0 Å². The fourth-order valence-electron chi connectivity index (χ4n) is 2.68. The molecule has 2 aliphatic rings. The van der Waals surface area contributed by atoms with Crippen LogP contribution < -0.4 is 5.73 Å². The van der Waals surface area contributed by atoms with Crippen LogP contribution in [0.25, 0.3) is 0 Å². The van der Waals surface area contributed by atoms with Crippen LogP contribution in [0.1, 0.15) is 19.3 Å². The monoisotopic (exact) mass is 184 g/mol. The van der Waals surface area contributed by atoms with Crippen molar-refractivity contribution in [2.24, 2.45) is 11.7 Å². The van der Waals surface area contributed by atoms with E-state index < -0.39 is 0 Å². The summed E-state index contributed by atoms with van der Waals surface area (Å²) in [7, 11) is 0. The van der Waals surface area contributed by atoms with E-state index in [1.165, 1.54) is 19.3 Å². The molecular weight excluding hydrogens is 164 g/mol. The van der Waals surface area contributed by atoms with Crippen LogP contribution in [-0.4, -0.2) is 43.8 Å². The first-order chi connectivity index (χ1) is 6.42. The highest BCUT2D eigenvalue weighted by Crippen LogP contribution is 2.29. The lowest BCUT2D eigenvalue weighted by Crippen LogP contribution is -2.46. The number of morpholine rings is 1. The maximum absolute atomic E-state index is 5.77. The van der Waals surface area contributed by atoms with Crippen molar-refractivity contribution in [3.8, 4) is 0 Å². The number of nitrogens with two attached hydrogens (primary N) is 1. The summed E-state index contributed by atoms with van der Waals surface area (Å²) in [6.07, 6.45) is 4.05. The van der Waals surface area contributed by atoms with Gasteiger partial charge in [0.15, 0.2) is 0 Å². The summed E-state index contributed by atoms with van der Waals surface area (Å²) in [5.74, 6) is 0.748. The summed E-state index contributed by atoms with van der Waals surface area (Å²) in [4.78, 5) is 2.58. The zero-order chi connectivity index (χ0) is 9.10. The molecule has 0 aromatic heterocycles. The molecular formula is C10H20N2O. The molecule has 1 saturated carbocycles. The van der Waals surface area contributed by atoms with Gasteiger partial charge in [0.05, 0.1) is 13.2 Å². The Morgan fingerprint density at radius 2 is 2.00 bits per heavy atom. The predicted octanol–water partition coefficient (Wildman–Crippen LogP) is 0.446. The average molecular weight is 184 g/mol. The minimum atomic E-state index is 0.748. The van der Waals surface area contributed by atoms with E-state index >= 15 is 0 Å². The van der Waals surface area contributed by atoms with Crippen molar-refractivity contribution >= 4 is 0 Å². The Hall–Kier alpha value is -0.120. The number of hydrogen-bond acceptors (Lipinski definition) is 3. The van der Waals surface area contributed by atoms with Crippen LogP contribution in [0.5, 0.6) is 0 Å². The van der Waals surface area contributed by atoms with E-state index in [9.17, 15) is 0 Å². The summed E-state index contributed by atoms with van der Waals surface area (Å²) in [5.41, 5.74) is 5.77. The SMILES string of the molecule is NC[C@@H]1CCC[C@@H]1N1CCOCC1. The molecule has 2 N–H and O–H groups in total. The average Bonchev–Trinajstić information content (AvgIpc) is 2.67. The van der Waals surface area contributed by atoms with Crippen molar-refractivity contribution in [3.05, 3.63) is 0 Å². The standard InChI is InChI=1S/C10H20N2O/c11-8-9-2-1-3-10(9)12-4-6-13-7-5-12/h9-10H,1-8,11H2/t9-,10-/m0/s1. The molecule has 0 aromatic carbocycles. The summed E-state index contributed by atoms with van der Waals surface area (Å²) < 4.78 is 5.36. The quantitative estimate of drug-likeness (QED) is 0.677. The smallest absolute Gasteiger partial charge is 0.0594 e. The lowest BCUT2D eigenvalue weighted by atomic mass is 10.0. The van der Waals surface area contributed by atoms with Crippen LogP contribution in [-0.2, 0) is 4.74 Å². The topological polar surface area (TPSA) is 38.5 Å². The molecule has 3 heteroatoms. The summed E-state index contributed by atoms with van der Waals surface area (Å²) in [5, 5.41) is 0. The van der Waals surface area contributed by atoms with E-state index in [2.05, 4.69) is 4.90 Å². The first-order valence-electron chi connectivity index (χ1n) is 5.43. The maximum atomic E-state index is 5.77. The first kappa shape index (κ1) is 9.44. The Morgan fingerprint density at radius 1 is 1.23 bits per heavy atom. The Bertz CT molecular complexity index is 157. The third-order valence-electron chi connectivity index (χ3n) is 3.44. The van der Waals surface area contributed by atoms with Crippen molar-refractivity contribution in [3.63, 3.8) is 0 Å². The van der Waals surface area contributed by atoms with Gasteiger partial charge >= 0.3 is 0 Å². The van der Waals surface area contributed by atoms with Crippen molar-refractivity contribution < 1.29 is 4.74 Å². The molecule has 76 valence electrons. The fraction of sp³-hybridized carbons (Fsp3) is 1.00. The van der Waals surface area contributed by atoms with E-state index in [1.54, 1.807) is 0 Å². The second-order valence-corrected chi connectivity index (χ2v) is 4.14. The van der Waals surface area contributed by atoms with Crippen LogP contribution in [0.15, 0.2) is 0 Å². The van der Waals surface area contributed by atoms with E-state index in [0.29, 0.717) is 0 Å². The minimum Gasteiger partial charge on any atom is -0.379 e. The van der Waals surface area contributed by atoms with Gasteiger partial charge in [-0.25, -0.2) is 0 Å². The summed E-state index contributed by atoms with van der Waals surface area (Å²) in [6.45, 7) is 4.91. The molecule has 2 rings (SSSR count). The lowest BCUT2D eigenvalue weighted by molar-refractivity contribution is 0.00903. The van der Waals surface area contributed by atoms with Crippen molar-refractivity contribution in [2.75, 3.05) is 32.8 Å². The Balaban J connectivity index is 1.90. The molecule has 3 nitrogen and oxygen atoms in total. The molecule has 13 heavy (non-hydrogen) atoms. The van der Waals surface area contributed by atoms with Crippen LogP contribution in [0.4, 0.5) is 0 Å². The van der Waals surface area contributed by atoms with Gasteiger partial charge in [-0.1, -0.05) is 6.42 Å². The number of rotatable bonds is 2. The van der Waals surface area contributed by atoms with Gasteiger partial charge in [-0.15, -0.1) is 0 Å². The predicted molar refractivity (Wildman–Crippen MR) is 52.6 cm³/mol. The molecule has 1 aliphatic carbocycles. The van der Waals surface area contributed by atoms with Gasteiger partial charge in [-0.2, -0.15) is 0 Å². The number of ether oxygens (including phenoxy) is 1. The molecule has 1 saturated heterocycles. The number of nitrogens with zero attached hydrogens (tertiary/aromatic N) is 1. The van der Waals surface area contributed by atoms with E-state index in [1.807, 2.05) is 0 Å². The van der Waals surface area contributed by atoms with Gasteiger partial charge in [-0.05, 0) is 25.3 Å². The molecule has 0 amide bonds. The second-order valence-electron chi connectivity index (χ2n) is 4.14. The number of hydrogen-bond donors (Lipinski definition) is 1. The second kappa shape index (κ2) is 4.40. The Labute approximate surface area is 80.2 Å². The highest BCUT2D eigenvalue weighted by Gasteiger charge is 2.31. The highest BCUT2D eigenvalue weighted by molar-refractivity contribution is 4.86. The molecule has 0 spiro atoms. The zero-order valence-electron chi connectivity index (χ0n) is 8.24. The largest absolute Gasteiger partial charge is 0.379 e. The third kappa shape index (κ3) is 2.03. The van der Waals surface area contributed by atoms with Gasteiger partial charge in [-0.3, -0.25) is 4.90 Å². The maximum Gasteiger partial charge on any atom is 0.0594 e. The van der Waals surface area contributed by atoms with Gasteiger partial charge in [0.1, 0.15) is 0 Å². The molecule has 0 bridgehead atoms. The third-order valence-corrected chi connectivity index (χ3v) is 3.44. The molecule has 0 radical (unpaired) electrons. The summed E-state index contributed by atoms with van der Waals surface area (Å²) >= 11 is 0.